The molecule has 1 aliphatic rings. The number of ether oxygens (including phenoxy) is 1. The summed E-state index contributed by atoms with van der Waals surface area (Å²) >= 11 is 0. The van der Waals surface area contributed by atoms with Gasteiger partial charge in [0.2, 0.25) is 5.91 Å². The first kappa shape index (κ1) is 18.5. The van der Waals surface area contributed by atoms with Crippen LogP contribution in [0, 0.1) is 5.82 Å². The summed E-state index contributed by atoms with van der Waals surface area (Å²) in [5, 5.41) is 0. The van der Waals surface area contributed by atoms with E-state index in [0.29, 0.717) is 26.2 Å². The van der Waals surface area contributed by atoms with Crippen LogP contribution in [0.5, 0.6) is 0 Å². The van der Waals surface area contributed by atoms with Gasteiger partial charge in [-0.05, 0) is 30.2 Å². The smallest absolute Gasteiger partial charge is 0.239 e. The Bertz CT molecular complexity index is 721. The highest BCUT2D eigenvalue weighted by molar-refractivity contribution is 5.81. The SMILES string of the molecule is CC(C(=O)N(C)Cc1ccccc1)N1CCOC(c2ccc(F)cc2)C1. The van der Waals surface area contributed by atoms with Gasteiger partial charge in [0.1, 0.15) is 5.82 Å². The number of likely N-dealkylation sites (N-methyl/N-ethyl adjacent to an activating group) is 1. The summed E-state index contributed by atoms with van der Waals surface area (Å²) in [6.45, 7) is 4.43. The minimum Gasteiger partial charge on any atom is -0.371 e. The average Bonchev–Trinajstić information content (AvgIpc) is 2.68. The Labute approximate surface area is 154 Å². The molecule has 5 heteroatoms. The molecule has 0 bridgehead atoms. The molecule has 2 atom stereocenters. The molecule has 0 N–H and O–H groups in total. The van der Waals surface area contributed by atoms with Crippen molar-refractivity contribution in [1.82, 2.24) is 9.80 Å². The number of hydrogen-bond donors (Lipinski definition) is 0. The first-order chi connectivity index (χ1) is 12.5. The molecule has 1 amide bonds. The number of hydrogen-bond acceptors (Lipinski definition) is 3. The number of benzene rings is 2. The molecule has 2 unspecified atom stereocenters. The molecule has 0 radical (unpaired) electrons. The predicted molar refractivity (Wildman–Crippen MR) is 99.0 cm³/mol. The Kier molecular flexibility index (Phi) is 6.01. The molecule has 0 aromatic heterocycles. The van der Waals surface area contributed by atoms with Crippen LogP contribution in [0.2, 0.25) is 0 Å². The second-order valence-electron chi connectivity index (χ2n) is 6.76. The zero-order valence-corrected chi connectivity index (χ0v) is 15.3. The maximum absolute atomic E-state index is 13.1. The fourth-order valence-electron chi connectivity index (χ4n) is 3.31. The number of amides is 1. The molecule has 0 spiro atoms. The molecular formula is C21H25FN2O2. The molecular weight excluding hydrogens is 331 g/mol. The van der Waals surface area contributed by atoms with Gasteiger partial charge in [0.05, 0.1) is 18.8 Å². The molecule has 2 aromatic carbocycles. The summed E-state index contributed by atoms with van der Waals surface area (Å²) in [6.07, 6.45) is -0.140. The predicted octanol–water partition coefficient (Wildman–Crippen LogP) is 3.25. The Morgan fingerprint density at radius 1 is 1.23 bits per heavy atom. The minimum absolute atomic E-state index is 0.0913. The van der Waals surface area contributed by atoms with Gasteiger partial charge in [0.25, 0.3) is 0 Å². The van der Waals surface area contributed by atoms with Gasteiger partial charge in [-0.15, -0.1) is 0 Å². The number of rotatable bonds is 5. The highest BCUT2D eigenvalue weighted by Crippen LogP contribution is 2.24. The Hall–Kier alpha value is -2.24. The largest absolute Gasteiger partial charge is 0.371 e. The van der Waals surface area contributed by atoms with Crippen molar-refractivity contribution >= 4 is 5.91 Å². The number of halogens is 1. The lowest BCUT2D eigenvalue weighted by molar-refractivity contribution is -0.139. The normalized spacial score (nSPS) is 19.1. The molecule has 26 heavy (non-hydrogen) atoms. The van der Waals surface area contributed by atoms with Crippen molar-refractivity contribution in [3.05, 3.63) is 71.5 Å². The third-order valence-electron chi connectivity index (χ3n) is 4.88. The summed E-state index contributed by atoms with van der Waals surface area (Å²) in [6, 6.07) is 16.1. The molecule has 1 saturated heterocycles. The molecule has 0 aliphatic carbocycles. The van der Waals surface area contributed by atoms with Gasteiger partial charge < -0.3 is 9.64 Å². The molecule has 138 valence electrons. The molecule has 1 fully saturated rings. The van der Waals surface area contributed by atoms with Crippen LogP contribution >= 0.6 is 0 Å². The molecule has 4 nitrogen and oxygen atoms in total. The summed E-state index contributed by atoms with van der Waals surface area (Å²) < 4.78 is 19.0. The summed E-state index contributed by atoms with van der Waals surface area (Å²) in [4.78, 5) is 16.7. The standard InChI is InChI=1S/C21H25FN2O2/c1-16(21(25)23(2)14-17-6-4-3-5-7-17)24-12-13-26-20(15-24)18-8-10-19(22)11-9-18/h3-11,16,20H,12-15H2,1-2H3. The summed E-state index contributed by atoms with van der Waals surface area (Å²) in [5.74, 6) is -0.166. The van der Waals surface area contributed by atoms with Crippen molar-refractivity contribution in [2.24, 2.45) is 0 Å². The maximum Gasteiger partial charge on any atom is 0.239 e. The lowest BCUT2D eigenvalue weighted by Gasteiger charge is -2.37. The lowest BCUT2D eigenvalue weighted by Crippen LogP contribution is -2.50. The maximum atomic E-state index is 13.1. The van der Waals surface area contributed by atoms with E-state index in [1.807, 2.05) is 44.3 Å². The van der Waals surface area contributed by atoms with Gasteiger partial charge in [0, 0.05) is 26.7 Å². The lowest BCUT2D eigenvalue weighted by atomic mass is 10.1. The fourth-order valence-corrected chi connectivity index (χ4v) is 3.31. The van der Waals surface area contributed by atoms with E-state index in [1.165, 1.54) is 12.1 Å². The minimum atomic E-state index is -0.257. The highest BCUT2D eigenvalue weighted by atomic mass is 19.1. The van der Waals surface area contributed by atoms with E-state index in [2.05, 4.69) is 4.90 Å². The van der Waals surface area contributed by atoms with Crippen LogP contribution in [-0.4, -0.2) is 48.5 Å². The zero-order chi connectivity index (χ0) is 18.5. The number of nitrogens with zero attached hydrogens (tertiary/aromatic N) is 2. The Balaban J connectivity index is 1.61. The van der Waals surface area contributed by atoms with E-state index < -0.39 is 0 Å². The topological polar surface area (TPSA) is 32.8 Å². The Morgan fingerprint density at radius 2 is 1.92 bits per heavy atom. The van der Waals surface area contributed by atoms with Crippen molar-refractivity contribution in [3.8, 4) is 0 Å². The molecule has 0 saturated carbocycles. The number of carbonyl (C=O) groups is 1. The van der Waals surface area contributed by atoms with Crippen molar-refractivity contribution in [3.63, 3.8) is 0 Å². The Morgan fingerprint density at radius 3 is 2.62 bits per heavy atom. The van der Waals surface area contributed by atoms with Gasteiger partial charge in [-0.3, -0.25) is 9.69 Å². The second kappa shape index (κ2) is 8.43. The van der Waals surface area contributed by atoms with Gasteiger partial charge in [-0.2, -0.15) is 0 Å². The van der Waals surface area contributed by atoms with E-state index in [-0.39, 0.29) is 23.9 Å². The number of carbonyl (C=O) groups excluding carboxylic acids is 1. The van der Waals surface area contributed by atoms with Gasteiger partial charge >= 0.3 is 0 Å². The molecule has 3 rings (SSSR count). The summed E-state index contributed by atoms with van der Waals surface area (Å²) in [7, 11) is 1.84. The second-order valence-corrected chi connectivity index (χ2v) is 6.76. The summed E-state index contributed by atoms with van der Waals surface area (Å²) in [5.41, 5.74) is 2.05. The monoisotopic (exact) mass is 356 g/mol. The van der Waals surface area contributed by atoms with Crippen LogP contribution < -0.4 is 0 Å². The number of morpholine rings is 1. The van der Waals surface area contributed by atoms with Crippen LogP contribution in [-0.2, 0) is 16.1 Å². The van der Waals surface area contributed by atoms with E-state index in [0.717, 1.165) is 11.1 Å². The van der Waals surface area contributed by atoms with Crippen LogP contribution in [0.25, 0.3) is 0 Å². The van der Waals surface area contributed by atoms with Crippen LogP contribution in [0.4, 0.5) is 4.39 Å². The molecule has 1 aliphatic heterocycles. The zero-order valence-electron chi connectivity index (χ0n) is 15.3. The van der Waals surface area contributed by atoms with Crippen molar-refractivity contribution in [2.45, 2.75) is 25.6 Å². The van der Waals surface area contributed by atoms with Crippen molar-refractivity contribution in [2.75, 3.05) is 26.7 Å². The molecule has 2 aromatic rings. The highest BCUT2D eigenvalue weighted by Gasteiger charge is 2.30. The quantitative estimate of drug-likeness (QED) is 0.824. The van der Waals surface area contributed by atoms with E-state index in [1.54, 1.807) is 17.0 Å². The third kappa shape index (κ3) is 4.48. The third-order valence-corrected chi connectivity index (χ3v) is 4.88. The van der Waals surface area contributed by atoms with Gasteiger partial charge in [-0.1, -0.05) is 42.5 Å². The van der Waals surface area contributed by atoms with Crippen molar-refractivity contribution < 1.29 is 13.9 Å². The fraction of sp³-hybridized carbons (Fsp3) is 0.381. The van der Waals surface area contributed by atoms with Gasteiger partial charge in [0.15, 0.2) is 0 Å². The van der Waals surface area contributed by atoms with E-state index in [4.69, 9.17) is 4.74 Å². The van der Waals surface area contributed by atoms with Gasteiger partial charge in [-0.25, -0.2) is 4.39 Å². The van der Waals surface area contributed by atoms with E-state index >= 15 is 0 Å². The van der Waals surface area contributed by atoms with E-state index in [9.17, 15) is 9.18 Å². The van der Waals surface area contributed by atoms with Crippen LogP contribution in [0.15, 0.2) is 54.6 Å². The van der Waals surface area contributed by atoms with Crippen LogP contribution in [0.3, 0.4) is 0 Å². The van der Waals surface area contributed by atoms with Crippen LogP contribution in [0.1, 0.15) is 24.2 Å². The van der Waals surface area contributed by atoms with Crippen molar-refractivity contribution in [1.29, 1.82) is 0 Å². The molecule has 1 heterocycles. The average molecular weight is 356 g/mol. The first-order valence-electron chi connectivity index (χ1n) is 8.94. The first-order valence-corrected chi connectivity index (χ1v) is 8.94.